The van der Waals surface area contributed by atoms with Crippen molar-refractivity contribution in [2.45, 2.75) is 25.2 Å². The Morgan fingerprint density at radius 1 is 1.12 bits per heavy atom. The molecule has 0 atom stereocenters. The number of halogens is 2. The molecule has 2 aliphatic heterocycles. The number of para-hydroxylation sites is 1. The first-order chi connectivity index (χ1) is 12.5. The topological polar surface area (TPSA) is 50.8 Å². The van der Waals surface area contributed by atoms with Gasteiger partial charge < -0.3 is 19.7 Å². The molecule has 0 unspecified atom stereocenters. The van der Waals surface area contributed by atoms with Crippen LogP contribution in [0.5, 0.6) is 5.75 Å². The molecule has 5 nitrogen and oxygen atoms in total. The third kappa shape index (κ3) is 3.22. The first-order valence-electron chi connectivity index (χ1n) is 8.47. The lowest BCUT2D eigenvalue weighted by Crippen LogP contribution is -2.53. The third-order valence-electron chi connectivity index (χ3n) is 4.74. The molecular weight excluding hydrogens is 342 g/mol. The molecule has 0 radical (unpaired) electrons. The molecule has 136 valence electrons. The number of nitrogens with zero attached hydrogens (tertiary/aromatic N) is 1. The number of hydrogen-bond donors (Lipinski definition) is 1. The van der Waals surface area contributed by atoms with Crippen LogP contribution >= 0.6 is 0 Å². The average Bonchev–Trinajstić information content (AvgIpc) is 2.64. The Labute approximate surface area is 149 Å². The van der Waals surface area contributed by atoms with Crippen LogP contribution in [0.4, 0.5) is 19.3 Å². The molecule has 1 saturated heterocycles. The van der Waals surface area contributed by atoms with Crippen molar-refractivity contribution in [3.8, 4) is 5.75 Å². The summed E-state index contributed by atoms with van der Waals surface area (Å²) in [6.07, 6.45) is 1.03. The van der Waals surface area contributed by atoms with Crippen LogP contribution in [0, 0.1) is 11.6 Å². The Balaban J connectivity index is 1.38. The number of piperidine rings is 1. The summed E-state index contributed by atoms with van der Waals surface area (Å²) in [6, 6.07) is 10.3. The molecule has 2 aromatic rings. The highest BCUT2D eigenvalue weighted by Crippen LogP contribution is 2.37. The Morgan fingerprint density at radius 2 is 1.88 bits per heavy atom. The summed E-state index contributed by atoms with van der Waals surface area (Å²) in [7, 11) is 0. The molecule has 2 heterocycles. The summed E-state index contributed by atoms with van der Waals surface area (Å²) in [5.41, 5.74) is 0.959. The van der Waals surface area contributed by atoms with Gasteiger partial charge >= 0.3 is 6.03 Å². The van der Waals surface area contributed by atoms with Crippen molar-refractivity contribution in [3.63, 3.8) is 0 Å². The summed E-state index contributed by atoms with van der Waals surface area (Å²) in [4.78, 5) is 13.9. The summed E-state index contributed by atoms with van der Waals surface area (Å²) >= 11 is 0. The summed E-state index contributed by atoms with van der Waals surface area (Å²) < 4.78 is 38.6. The first kappa shape index (κ1) is 16.8. The number of anilines is 1. The smallest absolute Gasteiger partial charge is 0.321 e. The number of benzene rings is 2. The van der Waals surface area contributed by atoms with Gasteiger partial charge in [0.2, 0.25) is 5.79 Å². The number of carbonyl (C=O) groups is 1. The van der Waals surface area contributed by atoms with Gasteiger partial charge in [-0.15, -0.1) is 0 Å². The quantitative estimate of drug-likeness (QED) is 0.839. The average molecular weight is 360 g/mol. The van der Waals surface area contributed by atoms with E-state index in [1.54, 1.807) is 4.90 Å². The van der Waals surface area contributed by atoms with E-state index in [4.69, 9.17) is 9.47 Å². The maximum absolute atomic E-state index is 13.7. The van der Waals surface area contributed by atoms with Gasteiger partial charge in [-0.25, -0.2) is 13.6 Å². The Bertz CT molecular complexity index is 835. The second-order valence-electron chi connectivity index (χ2n) is 6.45. The lowest BCUT2D eigenvalue weighted by molar-refractivity contribution is -0.225. The van der Waals surface area contributed by atoms with Crippen LogP contribution in [0.3, 0.4) is 0 Å². The summed E-state index contributed by atoms with van der Waals surface area (Å²) in [5.74, 6) is -1.41. The lowest BCUT2D eigenvalue weighted by Gasteiger charge is -2.43. The van der Waals surface area contributed by atoms with E-state index in [1.807, 2.05) is 24.3 Å². The molecule has 0 aromatic heterocycles. The van der Waals surface area contributed by atoms with Gasteiger partial charge in [0.05, 0.1) is 12.3 Å². The standard InChI is InChI=1S/C19H18F2N2O3/c20-14-5-6-16(15(21)11-14)22-18(24)23-9-7-19(8-10-23)25-12-13-3-1-2-4-17(13)26-19/h1-6,11H,7-10,12H2,(H,22,24). The van der Waals surface area contributed by atoms with E-state index >= 15 is 0 Å². The van der Waals surface area contributed by atoms with Crippen molar-refractivity contribution in [2.24, 2.45) is 0 Å². The molecule has 4 rings (SSSR count). The molecular formula is C19H18F2N2O3. The first-order valence-corrected chi connectivity index (χ1v) is 8.47. The fourth-order valence-electron chi connectivity index (χ4n) is 3.24. The van der Waals surface area contributed by atoms with Crippen molar-refractivity contribution in [3.05, 3.63) is 59.7 Å². The Kier molecular flexibility index (Phi) is 4.24. The van der Waals surface area contributed by atoms with Crippen molar-refractivity contribution in [2.75, 3.05) is 18.4 Å². The van der Waals surface area contributed by atoms with Gasteiger partial charge in [0, 0.05) is 37.6 Å². The zero-order valence-electron chi connectivity index (χ0n) is 14.0. The minimum atomic E-state index is -0.803. The van der Waals surface area contributed by atoms with Gasteiger partial charge in [-0.2, -0.15) is 0 Å². The molecule has 1 spiro atoms. The van der Waals surface area contributed by atoms with Gasteiger partial charge in [-0.05, 0) is 18.2 Å². The zero-order chi connectivity index (χ0) is 18.1. The highest BCUT2D eigenvalue weighted by molar-refractivity contribution is 5.89. The monoisotopic (exact) mass is 360 g/mol. The van der Waals surface area contributed by atoms with Crippen LogP contribution in [-0.2, 0) is 11.3 Å². The molecule has 26 heavy (non-hydrogen) atoms. The molecule has 0 bridgehead atoms. The number of urea groups is 1. The Hall–Kier alpha value is -2.67. The number of amides is 2. The van der Waals surface area contributed by atoms with Crippen LogP contribution in [0.25, 0.3) is 0 Å². The SMILES string of the molecule is O=C(Nc1ccc(F)cc1F)N1CCC2(CC1)OCc1ccccc1O2. The third-order valence-corrected chi connectivity index (χ3v) is 4.74. The minimum Gasteiger partial charge on any atom is -0.462 e. The number of carbonyl (C=O) groups excluding carboxylic acids is 1. The minimum absolute atomic E-state index is 0.0456. The van der Waals surface area contributed by atoms with E-state index in [0.717, 1.165) is 23.4 Å². The fourth-order valence-corrected chi connectivity index (χ4v) is 3.24. The van der Waals surface area contributed by atoms with Gasteiger partial charge in [-0.1, -0.05) is 18.2 Å². The second kappa shape index (κ2) is 6.57. The lowest BCUT2D eigenvalue weighted by atomic mass is 10.0. The van der Waals surface area contributed by atoms with Crippen LogP contribution in [0.1, 0.15) is 18.4 Å². The predicted octanol–water partition coefficient (Wildman–Crippen LogP) is 3.90. The highest BCUT2D eigenvalue weighted by Gasteiger charge is 2.41. The largest absolute Gasteiger partial charge is 0.462 e. The van der Waals surface area contributed by atoms with Crippen LogP contribution in [0.15, 0.2) is 42.5 Å². The molecule has 0 saturated carbocycles. The number of ether oxygens (including phenoxy) is 2. The maximum Gasteiger partial charge on any atom is 0.321 e. The maximum atomic E-state index is 13.7. The number of hydrogen-bond acceptors (Lipinski definition) is 3. The molecule has 1 fully saturated rings. The van der Waals surface area contributed by atoms with Crippen LogP contribution in [0.2, 0.25) is 0 Å². The molecule has 2 aromatic carbocycles. The van der Waals surface area contributed by atoms with E-state index in [2.05, 4.69) is 5.32 Å². The van der Waals surface area contributed by atoms with E-state index < -0.39 is 23.5 Å². The number of likely N-dealkylation sites (tertiary alicyclic amines) is 1. The number of nitrogens with one attached hydrogen (secondary N) is 1. The molecule has 1 N–H and O–H groups in total. The predicted molar refractivity (Wildman–Crippen MR) is 90.8 cm³/mol. The fraction of sp³-hybridized carbons (Fsp3) is 0.316. The van der Waals surface area contributed by atoms with Gasteiger partial charge in [0.15, 0.2) is 0 Å². The van der Waals surface area contributed by atoms with Crippen LogP contribution < -0.4 is 10.1 Å². The van der Waals surface area contributed by atoms with E-state index in [0.29, 0.717) is 32.5 Å². The molecule has 2 aliphatic rings. The number of fused-ring (bicyclic) bond motifs is 1. The van der Waals surface area contributed by atoms with Crippen molar-refractivity contribution >= 4 is 11.7 Å². The zero-order valence-corrected chi connectivity index (χ0v) is 14.0. The van der Waals surface area contributed by atoms with Crippen molar-refractivity contribution in [1.82, 2.24) is 4.90 Å². The second-order valence-corrected chi connectivity index (χ2v) is 6.45. The van der Waals surface area contributed by atoms with Gasteiger partial charge in [0.1, 0.15) is 17.4 Å². The van der Waals surface area contributed by atoms with E-state index in [9.17, 15) is 13.6 Å². The molecule has 2 amide bonds. The van der Waals surface area contributed by atoms with Crippen LogP contribution in [-0.4, -0.2) is 29.8 Å². The van der Waals surface area contributed by atoms with E-state index in [1.165, 1.54) is 6.07 Å². The van der Waals surface area contributed by atoms with Crippen molar-refractivity contribution < 1.29 is 23.0 Å². The van der Waals surface area contributed by atoms with E-state index in [-0.39, 0.29) is 5.69 Å². The summed E-state index contributed by atoms with van der Waals surface area (Å²) in [5, 5.41) is 2.48. The van der Waals surface area contributed by atoms with Gasteiger partial charge in [-0.3, -0.25) is 0 Å². The molecule has 0 aliphatic carbocycles. The molecule has 7 heteroatoms. The van der Waals surface area contributed by atoms with Gasteiger partial charge in [0.25, 0.3) is 0 Å². The highest BCUT2D eigenvalue weighted by atomic mass is 19.1. The summed E-state index contributed by atoms with van der Waals surface area (Å²) in [6.45, 7) is 1.30. The van der Waals surface area contributed by atoms with Crippen molar-refractivity contribution in [1.29, 1.82) is 0 Å². The Morgan fingerprint density at radius 3 is 2.65 bits per heavy atom. The normalized spacial score (nSPS) is 18.2. The number of rotatable bonds is 1.